The smallest absolute Gasteiger partial charge is 0.219 e. The monoisotopic (exact) mass is 592 g/mol. The van der Waals surface area contributed by atoms with E-state index in [0.717, 1.165) is 57.5 Å². The molecule has 0 aliphatic carbocycles. The van der Waals surface area contributed by atoms with Crippen molar-refractivity contribution in [1.29, 1.82) is 0 Å². The Balaban J connectivity index is 1.19. The predicted octanol–water partition coefficient (Wildman–Crippen LogP) is 7.17. The quantitative estimate of drug-likeness (QED) is 0.203. The van der Waals surface area contributed by atoms with Gasteiger partial charge in [-0.15, -0.1) is 11.3 Å². The highest BCUT2D eigenvalue weighted by Crippen LogP contribution is 2.40. The van der Waals surface area contributed by atoms with Crippen LogP contribution in [0, 0.1) is 11.7 Å². The van der Waals surface area contributed by atoms with Crippen LogP contribution in [0.4, 0.5) is 15.3 Å². The van der Waals surface area contributed by atoms with Gasteiger partial charge < -0.3 is 15.0 Å². The number of pyridine rings is 2. The van der Waals surface area contributed by atoms with Crippen molar-refractivity contribution in [1.82, 2.24) is 24.2 Å². The molecule has 6 rings (SSSR count). The number of carbonyl (C=O) groups excluding carboxylic acids is 1. The second-order valence-corrected chi connectivity index (χ2v) is 12.6. The van der Waals surface area contributed by atoms with Crippen LogP contribution in [0.5, 0.6) is 11.5 Å². The van der Waals surface area contributed by atoms with Crippen LogP contribution >= 0.6 is 34.6 Å². The number of ether oxygens (including phenoxy) is 1. The Morgan fingerprint density at radius 1 is 1.18 bits per heavy atom. The minimum atomic E-state index is -0.333. The van der Waals surface area contributed by atoms with Gasteiger partial charge in [-0.2, -0.15) is 4.37 Å². The first-order chi connectivity index (χ1) is 19.5. The third-order valence-corrected chi connectivity index (χ3v) is 9.41. The lowest BCUT2D eigenvalue weighted by molar-refractivity contribution is -0.130. The third kappa shape index (κ3) is 6.40. The summed E-state index contributed by atoms with van der Waals surface area (Å²) < 4.78 is 26.4. The molecule has 1 aliphatic rings. The van der Waals surface area contributed by atoms with Crippen molar-refractivity contribution in [3.8, 4) is 11.5 Å². The highest BCUT2D eigenvalue weighted by molar-refractivity contribution is 8.01. The van der Waals surface area contributed by atoms with Gasteiger partial charge in [0.15, 0.2) is 11.6 Å². The highest BCUT2D eigenvalue weighted by Gasteiger charge is 2.22. The first-order valence-electron chi connectivity index (χ1n) is 12.8. The minimum absolute atomic E-state index is 0.133. The molecule has 1 amide bonds. The molecule has 0 spiro atoms. The van der Waals surface area contributed by atoms with Gasteiger partial charge in [-0.25, -0.2) is 14.4 Å². The number of hydrogen-bond acceptors (Lipinski definition) is 10. The fraction of sp³-hybridized carbons (Fsp3) is 0.250. The van der Waals surface area contributed by atoms with Gasteiger partial charge in [-0.1, -0.05) is 11.8 Å². The summed E-state index contributed by atoms with van der Waals surface area (Å²) in [6.07, 6.45) is 6.25. The van der Waals surface area contributed by atoms with Crippen molar-refractivity contribution < 1.29 is 13.9 Å². The van der Waals surface area contributed by atoms with Gasteiger partial charge in [0.1, 0.15) is 17.4 Å². The molecule has 0 unspecified atom stereocenters. The summed E-state index contributed by atoms with van der Waals surface area (Å²) in [5, 5.41) is 3.88. The molecule has 204 valence electrons. The number of benzene rings is 1. The van der Waals surface area contributed by atoms with Crippen LogP contribution in [0.25, 0.3) is 10.2 Å². The number of halogens is 1. The molecule has 4 aromatic heterocycles. The molecule has 0 radical (unpaired) electrons. The fourth-order valence-corrected chi connectivity index (χ4v) is 7.24. The van der Waals surface area contributed by atoms with E-state index in [1.54, 1.807) is 54.5 Å². The Labute approximate surface area is 242 Å². The van der Waals surface area contributed by atoms with Crippen LogP contribution in [0.2, 0.25) is 0 Å². The number of amides is 1. The molecule has 8 nitrogen and oxygen atoms in total. The Kier molecular flexibility index (Phi) is 7.89. The van der Waals surface area contributed by atoms with Crippen LogP contribution in [0.3, 0.4) is 0 Å². The number of piperidine rings is 1. The van der Waals surface area contributed by atoms with Crippen LogP contribution in [0.15, 0.2) is 70.0 Å². The average Bonchev–Trinajstić information content (AvgIpc) is 3.57. The summed E-state index contributed by atoms with van der Waals surface area (Å²) in [5.74, 6) is 2.50. The topological polar surface area (TPSA) is 93.1 Å². The SMILES string of the molecule is CC(=O)N1CCC(Cc2nsc(Nc3ncc(Sc4cc5ncccc5s4)cc3Oc3ccc(F)cc3)n2)CC1. The maximum atomic E-state index is 13.5. The van der Waals surface area contributed by atoms with Crippen LogP contribution in [-0.4, -0.2) is 43.2 Å². The number of rotatable bonds is 8. The van der Waals surface area contributed by atoms with E-state index in [9.17, 15) is 9.18 Å². The summed E-state index contributed by atoms with van der Waals surface area (Å²) in [6.45, 7) is 3.19. The summed E-state index contributed by atoms with van der Waals surface area (Å²) in [7, 11) is 0. The van der Waals surface area contributed by atoms with Crippen LogP contribution < -0.4 is 10.1 Å². The Hall–Kier alpha value is -3.61. The maximum Gasteiger partial charge on any atom is 0.219 e. The van der Waals surface area contributed by atoms with E-state index >= 15 is 0 Å². The van der Waals surface area contributed by atoms with Crippen molar-refractivity contribution in [3.63, 3.8) is 0 Å². The zero-order valence-corrected chi connectivity index (χ0v) is 24.0. The zero-order valence-electron chi connectivity index (χ0n) is 21.5. The average molecular weight is 593 g/mol. The fourth-order valence-electron chi connectivity index (χ4n) is 4.50. The molecule has 1 saturated heterocycles. The lowest BCUT2D eigenvalue weighted by Gasteiger charge is -2.30. The van der Waals surface area contributed by atoms with E-state index in [0.29, 0.717) is 28.4 Å². The number of carbonyl (C=O) groups is 1. The zero-order chi connectivity index (χ0) is 27.5. The summed E-state index contributed by atoms with van der Waals surface area (Å²) in [4.78, 5) is 28.2. The first-order valence-corrected chi connectivity index (χ1v) is 15.2. The van der Waals surface area contributed by atoms with Crippen LogP contribution in [0.1, 0.15) is 25.6 Å². The minimum Gasteiger partial charge on any atom is -0.453 e. The highest BCUT2D eigenvalue weighted by atomic mass is 32.2. The van der Waals surface area contributed by atoms with Crippen molar-refractivity contribution in [2.75, 3.05) is 18.4 Å². The number of aromatic nitrogens is 4. The van der Waals surface area contributed by atoms with E-state index in [-0.39, 0.29) is 11.7 Å². The van der Waals surface area contributed by atoms with Crippen molar-refractivity contribution >= 4 is 61.7 Å². The van der Waals surface area contributed by atoms with E-state index in [1.807, 2.05) is 17.0 Å². The molecule has 1 aliphatic heterocycles. The van der Waals surface area contributed by atoms with Gasteiger partial charge >= 0.3 is 0 Å². The van der Waals surface area contributed by atoms with E-state index in [2.05, 4.69) is 36.8 Å². The molecule has 5 aromatic rings. The molecule has 1 N–H and O–H groups in total. The molecular formula is C28H25FN6O2S3. The van der Waals surface area contributed by atoms with Crippen molar-refractivity contribution in [3.05, 3.63) is 72.6 Å². The lowest BCUT2D eigenvalue weighted by Crippen LogP contribution is -2.37. The summed E-state index contributed by atoms with van der Waals surface area (Å²) in [5.41, 5.74) is 0.959. The summed E-state index contributed by atoms with van der Waals surface area (Å²) >= 11 is 4.52. The number of hydrogen-bond donors (Lipinski definition) is 1. The molecule has 0 saturated carbocycles. The molecular weight excluding hydrogens is 568 g/mol. The predicted molar refractivity (Wildman–Crippen MR) is 156 cm³/mol. The molecule has 0 bridgehead atoms. The van der Waals surface area contributed by atoms with Gasteiger partial charge in [0.25, 0.3) is 0 Å². The number of anilines is 2. The first kappa shape index (κ1) is 26.6. The van der Waals surface area contributed by atoms with Crippen molar-refractivity contribution in [2.45, 2.75) is 35.3 Å². The maximum absolute atomic E-state index is 13.5. The molecule has 1 fully saturated rings. The number of fused-ring (bicyclic) bond motifs is 1. The Bertz CT molecular complexity index is 1600. The Morgan fingerprint density at radius 3 is 2.77 bits per heavy atom. The van der Waals surface area contributed by atoms with Gasteiger partial charge in [-0.3, -0.25) is 9.78 Å². The third-order valence-electron chi connectivity index (χ3n) is 6.58. The second-order valence-electron chi connectivity index (χ2n) is 9.42. The van der Waals surface area contributed by atoms with Crippen LogP contribution in [-0.2, 0) is 11.2 Å². The Morgan fingerprint density at radius 2 is 2.00 bits per heavy atom. The number of nitrogens with zero attached hydrogens (tertiary/aromatic N) is 5. The second kappa shape index (κ2) is 11.9. The summed E-state index contributed by atoms with van der Waals surface area (Å²) in [6, 6.07) is 13.8. The lowest BCUT2D eigenvalue weighted by atomic mass is 9.93. The molecule has 0 atom stereocenters. The molecule has 12 heteroatoms. The van der Waals surface area contributed by atoms with Gasteiger partial charge in [0.05, 0.1) is 14.4 Å². The van der Waals surface area contributed by atoms with Gasteiger partial charge in [0, 0.05) is 61.3 Å². The standard InChI is InChI=1S/C28H25FN6O2S3/c1-17(36)35-11-8-18(9-12-35)13-25-32-28(40-34-25)33-27-23(37-20-6-4-19(29)5-7-20)14-21(16-31-27)38-26-15-22-24(39-26)3-2-10-30-22/h2-7,10,14-16,18H,8-9,11-13H2,1H3,(H,31,32,33,34). The van der Waals surface area contributed by atoms with Gasteiger partial charge in [0.2, 0.25) is 11.0 Å². The number of likely N-dealkylation sites (tertiary alicyclic amines) is 1. The van der Waals surface area contributed by atoms with Gasteiger partial charge in [-0.05, 0) is 61.2 Å². The van der Waals surface area contributed by atoms with E-state index in [4.69, 9.17) is 4.74 Å². The van der Waals surface area contributed by atoms with E-state index < -0.39 is 0 Å². The van der Waals surface area contributed by atoms with E-state index in [1.165, 1.54) is 23.7 Å². The van der Waals surface area contributed by atoms with Crippen molar-refractivity contribution in [2.24, 2.45) is 5.92 Å². The molecule has 5 heterocycles. The molecule has 1 aromatic carbocycles. The number of thiophene rings is 1. The molecule has 40 heavy (non-hydrogen) atoms. The number of nitrogens with one attached hydrogen (secondary N) is 1. The normalized spacial score (nSPS) is 14.0. The largest absolute Gasteiger partial charge is 0.453 e.